The number of fused-ring (bicyclic) bond motifs is 3. The van der Waals surface area contributed by atoms with Gasteiger partial charge in [0, 0.05) is 21.9 Å². The van der Waals surface area contributed by atoms with Gasteiger partial charge in [-0.3, -0.25) is 10.2 Å². The van der Waals surface area contributed by atoms with Crippen LogP contribution in [0.5, 0.6) is 0 Å². The van der Waals surface area contributed by atoms with Crippen LogP contribution in [0.3, 0.4) is 0 Å². The number of hydrogen-bond donors (Lipinski definition) is 3. The minimum absolute atomic E-state index is 0.0466. The molecule has 0 bridgehead atoms. The molecule has 0 atom stereocenters. The van der Waals surface area contributed by atoms with E-state index < -0.39 is 15.9 Å². The maximum Gasteiger partial charge on any atom is 0.284 e. The minimum atomic E-state index is -3.91. The number of aromatic amines is 1. The second-order valence-corrected chi connectivity index (χ2v) is 8.87. The van der Waals surface area contributed by atoms with Crippen LogP contribution >= 0.6 is 0 Å². The number of nitrogens with one attached hydrogen (secondary N) is 3. The Labute approximate surface area is 184 Å². The summed E-state index contributed by atoms with van der Waals surface area (Å²) in [6, 6.07) is 26.8. The number of hydrazine groups is 1. The van der Waals surface area contributed by atoms with Gasteiger partial charge in [-0.1, -0.05) is 66.7 Å². The average molecular weight is 443 g/mol. The van der Waals surface area contributed by atoms with Crippen molar-refractivity contribution < 1.29 is 13.2 Å². The summed E-state index contributed by atoms with van der Waals surface area (Å²) in [5.74, 6) is -0.658. The Morgan fingerprint density at radius 3 is 2.22 bits per heavy atom. The van der Waals surface area contributed by atoms with E-state index in [0.29, 0.717) is 5.69 Å². The smallest absolute Gasteiger partial charge is 0.284 e. The van der Waals surface area contributed by atoms with E-state index in [1.165, 1.54) is 12.1 Å². The minimum Gasteiger partial charge on any atom is -0.353 e. The highest BCUT2D eigenvalue weighted by molar-refractivity contribution is 7.89. The van der Waals surface area contributed by atoms with E-state index in [1.807, 2.05) is 54.6 Å². The van der Waals surface area contributed by atoms with E-state index >= 15 is 0 Å². The summed E-state index contributed by atoms with van der Waals surface area (Å²) in [5.41, 5.74) is 5.53. The number of para-hydroxylation sites is 1. The van der Waals surface area contributed by atoms with Gasteiger partial charge in [-0.2, -0.15) is 0 Å². The van der Waals surface area contributed by atoms with Crippen LogP contribution in [0.15, 0.2) is 95.9 Å². The maximum atomic E-state index is 12.9. The Morgan fingerprint density at radius 1 is 0.812 bits per heavy atom. The molecule has 0 aliphatic carbocycles. The molecule has 0 spiro atoms. The third kappa shape index (κ3) is 3.62. The summed E-state index contributed by atoms with van der Waals surface area (Å²) in [4.78, 5) is 23.0. The van der Waals surface area contributed by atoms with Gasteiger partial charge < -0.3 is 4.98 Å². The molecular formula is C24H18N4O3S. The van der Waals surface area contributed by atoms with E-state index in [0.717, 1.165) is 27.4 Å². The number of hydrogen-bond acceptors (Lipinski definition) is 4. The van der Waals surface area contributed by atoms with E-state index in [-0.39, 0.29) is 10.6 Å². The summed E-state index contributed by atoms with van der Waals surface area (Å²) < 4.78 is 24.9. The first kappa shape index (κ1) is 19.9. The van der Waals surface area contributed by atoms with Crippen molar-refractivity contribution in [3.63, 3.8) is 0 Å². The Kier molecular flexibility index (Phi) is 4.93. The molecule has 2 heterocycles. The highest BCUT2D eigenvalue weighted by Crippen LogP contribution is 2.32. The van der Waals surface area contributed by atoms with Gasteiger partial charge in [-0.25, -0.2) is 13.4 Å². The highest BCUT2D eigenvalue weighted by atomic mass is 32.2. The van der Waals surface area contributed by atoms with Crippen LogP contribution in [0.2, 0.25) is 0 Å². The quantitative estimate of drug-likeness (QED) is 0.358. The van der Waals surface area contributed by atoms with Crippen molar-refractivity contribution in [3.8, 4) is 11.3 Å². The topological polar surface area (TPSA) is 104 Å². The van der Waals surface area contributed by atoms with Gasteiger partial charge in [0.25, 0.3) is 15.9 Å². The molecule has 0 aliphatic heterocycles. The lowest BCUT2D eigenvalue weighted by Crippen LogP contribution is -2.41. The predicted molar refractivity (Wildman–Crippen MR) is 123 cm³/mol. The van der Waals surface area contributed by atoms with Crippen molar-refractivity contribution in [2.75, 3.05) is 0 Å². The first-order valence-electron chi connectivity index (χ1n) is 9.87. The second-order valence-electron chi connectivity index (χ2n) is 7.19. The fourth-order valence-electron chi connectivity index (χ4n) is 3.60. The van der Waals surface area contributed by atoms with Gasteiger partial charge in [-0.05, 0) is 24.3 Å². The van der Waals surface area contributed by atoms with Crippen LogP contribution in [0, 0.1) is 0 Å². The van der Waals surface area contributed by atoms with Crippen LogP contribution in [0.4, 0.5) is 0 Å². The number of carbonyl (C=O) groups is 1. The first-order chi connectivity index (χ1) is 15.5. The van der Waals surface area contributed by atoms with Crippen molar-refractivity contribution >= 4 is 37.7 Å². The third-order valence-corrected chi connectivity index (χ3v) is 6.39. The molecule has 5 rings (SSSR count). The standard InChI is InChI=1S/C24H18N4O3S/c29-24(27-28-32(30,31)17-11-5-2-6-12-17)21-15-19-18-13-7-8-14-20(18)25-23(19)22(26-21)16-9-3-1-4-10-16/h1-15,25,28H,(H,27,29). The fourth-order valence-corrected chi connectivity index (χ4v) is 4.46. The summed E-state index contributed by atoms with van der Waals surface area (Å²) in [6.45, 7) is 0. The van der Waals surface area contributed by atoms with E-state index in [4.69, 9.17) is 0 Å². The van der Waals surface area contributed by atoms with Gasteiger partial charge in [0.2, 0.25) is 0 Å². The normalized spacial score (nSPS) is 11.6. The molecule has 0 saturated heterocycles. The van der Waals surface area contributed by atoms with Gasteiger partial charge in [0.15, 0.2) is 0 Å². The van der Waals surface area contributed by atoms with Gasteiger partial charge in [-0.15, -0.1) is 4.83 Å². The number of carbonyl (C=O) groups excluding carboxylic acids is 1. The van der Waals surface area contributed by atoms with Crippen LogP contribution in [-0.4, -0.2) is 24.3 Å². The van der Waals surface area contributed by atoms with Crippen LogP contribution < -0.4 is 10.3 Å². The maximum absolute atomic E-state index is 12.9. The number of rotatable bonds is 5. The summed E-state index contributed by atoms with van der Waals surface area (Å²) >= 11 is 0. The molecule has 3 N–H and O–H groups in total. The number of benzene rings is 3. The number of amides is 1. The number of nitrogens with zero attached hydrogens (tertiary/aromatic N) is 1. The molecule has 32 heavy (non-hydrogen) atoms. The molecule has 3 aromatic carbocycles. The summed E-state index contributed by atoms with van der Waals surface area (Å²) in [7, 11) is -3.91. The molecule has 2 aromatic heterocycles. The van der Waals surface area contributed by atoms with Crippen molar-refractivity contribution in [1.82, 2.24) is 20.2 Å². The molecule has 5 aromatic rings. The zero-order chi connectivity index (χ0) is 22.1. The molecule has 0 radical (unpaired) electrons. The second kappa shape index (κ2) is 7.92. The lowest BCUT2D eigenvalue weighted by molar-refractivity contribution is 0.0940. The average Bonchev–Trinajstić information content (AvgIpc) is 3.22. The Balaban J connectivity index is 1.56. The molecule has 0 unspecified atom stereocenters. The van der Waals surface area contributed by atoms with Gasteiger partial charge in [0.05, 0.1) is 16.1 Å². The zero-order valence-corrected chi connectivity index (χ0v) is 17.6. The Morgan fingerprint density at radius 2 is 1.47 bits per heavy atom. The zero-order valence-electron chi connectivity index (χ0n) is 16.7. The third-order valence-electron chi connectivity index (χ3n) is 5.13. The first-order valence-corrected chi connectivity index (χ1v) is 11.4. The van der Waals surface area contributed by atoms with Gasteiger partial charge in [0.1, 0.15) is 5.69 Å². The largest absolute Gasteiger partial charge is 0.353 e. The molecule has 0 aliphatic rings. The van der Waals surface area contributed by atoms with Crippen LogP contribution in [0.1, 0.15) is 10.5 Å². The predicted octanol–water partition coefficient (Wildman–Crippen LogP) is 4.01. The molecule has 7 nitrogen and oxygen atoms in total. The van der Waals surface area contributed by atoms with E-state index in [1.54, 1.807) is 24.3 Å². The summed E-state index contributed by atoms with van der Waals surface area (Å²) in [6.07, 6.45) is 0. The Bertz CT molecular complexity index is 1550. The number of pyridine rings is 1. The molecule has 0 saturated carbocycles. The fraction of sp³-hybridized carbons (Fsp3) is 0. The molecule has 0 fully saturated rings. The van der Waals surface area contributed by atoms with Crippen LogP contribution in [0.25, 0.3) is 33.1 Å². The summed E-state index contributed by atoms with van der Waals surface area (Å²) in [5, 5.41) is 1.77. The van der Waals surface area contributed by atoms with Crippen molar-refractivity contribution in [1.29, 1.82) is 0 Å². The van der Waals surface area contributed by atoms with Crippen LogP contribution in [-0.2, 0) is 10.0 Å². The molecule has 8 heteroatoms. The lowest BCUT2D eigenvalue weighted by Gasteiger charge is -2.10. The highest BCUT2D eigenvalue weighted by Gasteiger charge is 2.19. The Hall–Kier alpha value is -4.01. The van der Waals surface area contributed by atoms with Crippen molar-refractivity contribution in [2.24, 2.45) is 0 Å². The molecular weight excluding hydrogens is 424 g/mol. The number of aromatic nitrogens is 2. The van der Waals surface area contributed by atoms with Crippen molar-refractivity contribution in [2.45, 2.75) is 4.90 Å². The monoisotopic (exact) mass is 442 g/mol. The van der Waals surface area contributed by atoms with E-state index in [2.05, 4.69) is 20.2 Å². The lowest BCUT2D eigenvalue weighted by atomic mass is 10.1. The van der Waals surface area contributed by atoms with Crippen molar-refractivity contribution in [3.05, 3.63) is 96.7 Å². The van der Waals surface area contributed by atoms with Gasteiger partial charge >= 0.3 is 0 Å². The molecule has 1 amide bonds. The number of H-pyrrole nitrogens is 1. The molecule has 158 valence electrons. The van der Waals surface area contributed by atoms with E-state index in [9.17, 15) is 13.2 Å². The SMILES string of the molecule is O=C(NNS(=O)(=O)c1ccccc1)c1cc2c([nH]c3ccccc32)c(-c2ccccc2)n1. The number of sulfonamides is 1.